The molecule has 1 aliphatic carbocycles. The Morgan fingerprint density at radius 1 is 1.25 bits per heavy atom. The molecule has 0 amide bonds. The third-order valence-corrected chi connectivity index (χ3v) is 4.01. The maximum Gasteiger partial charge on any atom is 0.259 e. The van der Waals surface area contributed by atoms with E-state index < -0.39 is 5.60 Å². The summed E-state index contributed by atoms with van der Waals surface area (Å²) >= 11 is 0. The van der Waals surface area contributed by atoms with Gasteiger partial charge in [-0.3, -0.25) is 4.98 Å². The minimum atomic E-state index is -0.409. The van der Waals surface area contributed by atoms with Gasteiger partial charge in [0.1, 0.15) is 11.3 Å². The summed E-state index contributed by atoms with van der Waals surface area (Å²) in [5.74, 6) is 1.11. The van der Waals surface area contributed by atoms with Gasteiger partial charge in [-0.25, -0.2) is 0 Å². The van der Waals surface area contributed by atoms with Gasteiger partial charge in [-0.15, -0.1) is 0 Å². The van der Waals surface area contributed by atoms with Crippen molar-refractivity contribution in [3.8, 4) is 11.5 Å². The van der Waals surface area contributed by atoms with Crippen LogP contribution in [0.4, 0.5) is 0 Å². The van der Waals surface area contributed by atoms with Crippen molar-refractivity contribution in [3.63, 3.8) is 0 Å². The van der Waals surface area contributed by atoms with E-state index in [0.717, 1.165) is 36.9 Å². The highest BCUT2D eigenvalue weighted by Crippen LogP contribution is 2.39. The van der Waals surface area contributed by atoms with E-state index in [4.69, 9.17) is 9.26 Å². The summed E-state index contributed by atoms with van der Waals surface area (Å²) in [6.07, 6.45) is 7.14. The number of rotatable bonds is 3. The van der Waals surface area contributed by atoms with Crippen LogP contribution in [0.2, 0.25) is 0 Å². The number of aromatic nitrogens is 3. The number of ether oxygens (including phenoxy) is 1. The van der Waals surface area contributed by atoms with Crippen LogP contribution in [0.1, 0.15) is 43.6 Å². The first-order valence-corrected chi connectivity index (χ1v) is 7.06. The molecule has 20 heavy (non-hydrogen) atoms. The Morgan fingerprint density at radius 2 is 2.05 bits per heavy atom. The summed E-state index contributed by atoms with van der Waals surface area (Å²) in [4.78, 5) is 8.81. The van der Waals surface area contributed by atoms with E-state index in [0.29, 0.717) is 11.7 Å². The van der Waals surface area contributed by atoms with Gasteiger partial charge in [-0.2, -0.15) is 4.98 Å². The monoisotopic (exact) mass is 273 g/mol. The molecule has 2 heterocycles. The highest BCUT2D eigenvalue weighted by atomic mass is 16.5. The second-order valence-corrected chi connectivity index (χ2v) is 5.40. The van der Waals surface area contributed by atoms with Gasteiger partial charge in [-0.05, 0) is 37.5 Å². The average Bonchev–Trinajstić information content (AvgIpc) is 2.98. The van der Waals surface area contributed by atoms with Crippen LogP contribution in [0, 0.1) is 6.92 Å². The Morgan fingerprint density at radius 3 is 2.75 bits per heavy atom. The number of hydrogen-bond acceptors (Lipinski definition) is 5. The van der Waals surface area contributed by atoms with Gasteiger partial charge in [0.2, 0.25) is 5.82 Å². The average molecular weight is 273 g/mol. The van der Waals surface area contributed by atoms with Crippen LogP contribution in [0.15, 0.2) is 22.9 Å². The molecule has 0 radical (unpaired) electrons. The molecule has 0 atom stereocenters. The molecule has 0 spiro atoms. The molecule has 106 valence electrons. The van der Waals surface area contributed by atoms with E-state index in [1.54, 1.807) is 13.3 Å². The Hall–Kier alpha value is -1.75. The molecule has 1 fully saturated rings. The Kier molecular flexibility index (Phi) is 3.53. The highest BCUT2D eigenvalue weighted by molar-refractivity contribution is 5.49. The number of pyridine rings is 1. The predicted molar refractivity (Wildman–Crippen MR) is 74.0 cm³/mol. The molecule has 3 rings (SSSR count). The first-order chi connectivity index (χ1) is 9.73. The van der Waals surface area contributed by atoms with Gasteiger partial charge >= 0.3 is 0 Å². The zero-order valence-electron chi connectivity index (χ0n) is 11.9. The summed E-state index contributed by atoms with van der Waals surface area (Å²) in [6, 6.07) is 3.90. The molecule has 2 aromatic heterocycles. The molecule has 5 heteroatoms. The smallest absolute Gasteiger partial charge is 0.259 e. The highest BCUT2D eigenvalue weighted by Gasteiger charge is 2.39. The fraction of sp³-hybridized carbons (Fsp3) is 0.533. The van der Waals surface area contributed by atoms with Gasteiger partial charge in [-0.1, -0.05) is 24.4 Å². The quantitative estimate of drug-likeness (QED) is 0.859. The largest absolute Gasteiger partial charge is 0.368 e. The molecule has 0 unspecified atom stereocenters. The molecule has 1 saturated carbocycles. The van der Waals surface area contributed by atoms with Crippen LogP contribution < -0.4 is 0 Å². The number of hydrogen-bond donors (Lipinski definition) is 0. The van der Waals surface area contributed by atoms with Crippen LogP contribution in [-0.4, -0.2) is 22.2 Å². The van der Waals surface area contributed by atoms with Crippen molar-refractivity contribution in [2.45, 2.75) is 44.6 Å². The van der Waals surface area contributed by atoms with E-state index in [9.17, 15) is 0 Å². The number of methoxy groups -OCH3 is 1. The van der Waals surface area contributed by atoms with Gasteiger partial charge in [0.05, 0.1) is 0 Å². The molecule has 0 bridgehead atoms. The lowest BCUT2D eigenvalue weighted by molar-refractivity contribution is -0.0672. The normalized spacial score (nSPS) is 18.1. The maximum atomic E-state index is 5.72. The molecule has 0 aromatic carbocycles. The zero-order valence-corrected chi connectivity index (χ0v) is 11.9. The number of nitrogens with zero attached hydrogens (tertiary/aromatic N) is 3. The van der Waals surface area contributed by atoms with E-state index >= 15 is 0 Å². The minimum Gasteiger partial charge on any atom is -0.368 e. The molecule has 2 aromatic rings. The fourth-order valence-electron chi connectivity index (χ4n) is 2.80. The lowest BCUT2D eigenvalue weighted by Crippen LogP contribution is -2.31. The van der Waals surface area contributed by atoms with Crippen molar-refractivity contribution in [3.05, 3.63) is 29.8 Å². The van der Waals surface area contributed by atoms with Gasteiger partial charge in [0, 0.05) is 13.3 Å². The van der Waals surface area contributed by atoms with E-state index in [1.807, 2.05) is 19.1 Å². The van der Waals surface area contributed by atoms with Crippen molar-refractivity contribution in [2.24, 2.45) is 0 Å². The second kappa shape index (κ2) is 5.32. The third-order valence-electron chi connectivity index (χ3n) is 4.01. The van der Waals surface area contributed by atoms with Gasteiger partial charge < -0.3 is 9.26 Å². The molecular formula is C15H19N3O2. The van der Waals surface area contributed by atoms with Crippen LogP contribution in [0.25, 0.3) is 11.5 Å². The second-order valence-electron chi connectivity index (χ2n) is 5.40. The Labute approximate surface area is 118 Å². The van der Waals surface area contributed by atoms with Crippen LogP contribution >= 0.6 is 0 Å². The standard InChI is InChI=1S/C15H19N3O2/c1-11-6-9-16-12(10-11)13-17-14(20-18-13)15(19-2)7-4-3-5-8-15/h6,9-10H,3-5,7-8H2,1-2H3. The van der Waals surface area contributed by atoms with Crippen molar-refractivity contribution >= 4 is 0 Å². The van der Waals surface area contributed by atoms with Crippen molar-refractivity contribution in [1.29, 1.82) is 0 Å². The van der Waals surface area contributed by atoms with Crippen LogP contribution in [-0.2, 0) is 10.3 Å². The summed E-state index contributed by atoms with van der Waals surface area (Å²) in [6.45, 7) is 2.02. The zero-order chi connectivity index (χ0) is 14.0. The molecular weight excluding hydrogens is 254 g/mol. The SMILES string of the molecule is COC1(c2nc(-c3cc(C)ccn3)no2)CCCCC1. The minimum absolute atomic E-state index is 0.409. The van der Waals surface area contributed by atoms with E-state index in [1.165, 1.54) is 6.42 Å². The molecule has 1 aliphatic rings. The Bertz CT molecular complexity index is 588. The summed E-state index contributed by atoms with van der Waals surface area (Å²) in [5, 5.41) is 4.07. The van der Waals surface area contributed by atoms with Crippen molar-refractivity contribution in [1.82, 2.24) is 15.1 Å². The van der Waals surface area contributed by atoms with Crippen molar-refractivity contribution < 1.29 is 9.26 Å². The first-order valence-electron chi connectivity index (χ1n) is 7.06. The first kappa shape index (κ1) is 13.2. The fourth-order valence-corrected chi connectivity index (χ4v) is 2.80. The maximum absolute atomic E-state index is 5.72. The Balaban J connectivity index is 1.93. The van der Waals surface area contributed by atoms with Crippen molar-refractivity contribution in [2.75, 3.05) is 7.11 Å². The molecule has 5 nitrogen and oxygen atoms in total. The lowest BCUT2D eigenvalue weighted by Gasteiger charge is -2.32. The predicted octanol–water partition coefficient (Wildman–Crippen LogP) is 3.25. The van der Waals surface area contributed by atoms with E-state index in [-0.39, 0.29) is 0 Å². The molecule has 0 aliphatic heterocycles. The lowest BCUT2D eigenvalue weighted by atomic mass is 9.84. The van der Waals surface area contributed by atoms with Gasteiger partial charge in [0.15, 0.2) is 0 Å². The summed E-state index contributed by atoms with van der Waals surface area (Å²) in [5.41, 5.74) is 1.45. The van der Waals surface area contributed by atoms with E-state index in [2.05, 4.69) is 15.1 Å². The summed E-state index contributed by atoms with van der Waals surface area (Å²) in [7, 11) is 1.72. The topological polar surface area (TPSA) is 61.0 Å². The third kappa shape index (κ3) is 2.33. The van der Waals surface area contributed by atoms with Crippen LogP contribution in [0.5, 0.6) is 0 Å². The molecule has 0 N–H and O–H groups in total. The van der Waals surface area contributed by atoms with Gasteiger partial charge in [0.25, 0.3) is 5.89 Å². The summed E-state index contributed by atoms with van der Waals surface area (Å²) < 4.78 is 11.2. The molecule has 0 saturated heterocycles. The van der Waals surface area contributed by atoms with Crippen LogP contribution in [0.3, 0.4) is 0 Å². The number of aryl methyl sites for hydroxylation is 1.